The smallest absolute Gasteiger partial charge is 0.192 e. The molecule has 0 radical (unpaired) electrons. The Morgan fingerprint density at radius 1 is 1.03 bits per heavy atom. The average Bonchev–Trinajstić information content (AvgIpc) is 2.64. The molecule has 1 fully saturated rings. The van der Waals surface area contributed by atoms with Crippen LogP contribution >= 0.6 is 0 Å². The van der Waals surface area contributed by atoms with E-state index in [1.807, 2.05) is 6.92 Å². The molecule has 2 aliphatic carbocycles. The summed E-state index contributed by atoms with van der Waals surface area (Å²) in [7, 11) is -4.00. The molecule has 2 rings (SSSR count). The van der Waals surface area contributed by atoms with Crippen molar-refractivity contribution >= 4 is 22.9 Å². The van der Waals surface area contributed by atoms with E-state index in [1.165, 1.54) is 0 Å². The Kier molecular flexibility index (Phi) is 7.89. The van der Waals surface area contributed by atoms with E-state index in [-0.39, 0.29) is 32.9 Å². The average molecular weight is 497 g/mol. The third-order valence-electron chi connectivity index (χ3n) is 10.1. The van der Waals surface area contributed by atoms with Crippen LogP contribution in [0.15, 0.2) is 11.1 Å². The van der Waals surface area contributed by atoms with Crippen molar-refractivity contribution in [3.8, 4) is 0 Å². The van der Waals surface area contributed by atoms with E-state index in [2.05, 4.69) is 81.6 Å². The number of hydrogen-bond acceptors (Lipinski definition) is 4. The Bertz CT molecular complexity index is 774. The minimum absolute atomic E-state index is 0.0553. The molecule has 1 N–H and O–H groups in total. The molecule has 0 aliphatic heterocycles. The molecule has 33 heavy (non-hydrogen) atoms. The normalized spacial score (nSPS) is 34.3. The minimum atomic E-state index is -2.02. The fourth-order valence-electron chi connectivity index (χ4n) is 5.47. The Balaban J connectivity index is 2.57. The minimum Gasteiger partial charge on any atom is -0.416 e. The molecule has 0 heterocycles. The summed E-state index contributed by atoms with van der Waals surface area (Å²) in [6.07, 6.45) is 2.97. The van der Waals surface area contributed by atoms with E-state index < -0.39 is 22.7 Å². The fraction of sp³-hybridized carbons (Fsp3) is 0.889. The van der Waals surface area contributed by atoms with Gasteiger partial charge in [-0.25, -0.2) is 0 Å². The summed E-state index contributed by atoms with van der Waals surface area (Å²) in [4.78, 5) is 12.3. The second-order valence-corrected chi connectivity index (χ2v) is 24.0. The van der Waals surface area contributed by atoms with Crippen molar-refractivity contribution in [2.24, 2.45) is 16.7 Å². The molecule has 0 aromatic heterocycles. The summed E-state index contributed by atoms with van der Waals surface area (Å²) < 4.78 is 14.0. The lowest BCUT2D eigenvalue weighted by atomic mass is 9.49. The fourth-order valence-corrected chi connectivity index (χ4v) is 8.02. The maximum absolute atomic E-state index is 12.3. The quantitative estimate of drug-likeness (QED) is 0.315. The van der Waals surface area contributed by atoms with E-state index in [1.54, 1.807) is 0 Å². The number of hydrogen-bond donors (Lipinski definition) is 1. The van der Waals surface area contributed by atoms with Gasteiger partial charge in [0.2, 0.25) is 0 Å². The van der Waals surface area contributed by atoms with Crippen LogP contribution < -0.4 is 0 Å². The van der Waals surface area contributed by atoms with Crippen LogP contribution in [0.25, 0.3) is 0 Å². The van der Waals surface area contributed by atoms with Crippen LogP contribution in [-0.2, 0) is 13.6 Å². The molecule has 6 heteroatoms. The summed E-state index contributed by atoms with van der Waals surface area (Å²) in [6, 6.07) is 0. The zero-order chi connectivity index (χ0) is 25.8. The standard InChI is InChI=1S/C27H52O4Si2/c1-19-20(17-28)26(8)15-14-23(31-33(12,13)25(5,6)7)27(9,22(26)16-21(19)29)18-30-32(10,11)24(2,3)4/h17,21-23,29H,14-16,18H2,1-13H3/t21-,22+,23-,26+,27+/m0/s1. The van der Waals surface area contributed by atoms with Gasteiger partial charge in [-0.05, 0) is 84.9 Å². The number of aliphatic hydroxyl groups is 1. The molecule has 0 aromatic rings. The highest BCUT2D eigenvalue weighted by Crippen LogP contribution is 2.61. The summed E-state index contributed by atoms with van der Waals surface area (Å²) in [5.74, 6) is 0.122. The van der Waals surface area contributed by atoms with Crippen LogP contribution in [0.1, 0.15) is 81.6 Å². The van der Waals surface area contributed by atoms with Gasteiger partial charge in [0.15, 0.2) is 16.6 Å². The van der Waals surface area contributed by atoms with Crippen molar-refractivity contribution in [3.05, 3.63) is 11.1 Å². The molecule has 0 bridgehead atoms. The predicted molar refractivity (Wildman–Crippen MR) is 144 cm³/mol. The van der Waals surface area contributed by atoms with Crippen molar-refractivity contribution in [1.82, 2.24) is 0 Å². The van der Waals surface area contributed by atoms with Crippen molar-refractivity contribution in [2.45, 2.75) is 130 Å². The molecule has 0 spiro atoms. The monoisotopic (exact) mass is 496 g/mol. The van der Waals surface area contributed by atoms with E-state index in [9.17, 15) is 9.90 Å². The molecule has 0 unspecified atom stereocenters. The second kappa shape index (κ2) is 8.99. The van der Waals surface area contributed by atoms with Crippen LogP contribution in [0.5, 0.6) is 0 Å². The van der Waals surface area contributed by atoms with Gasteiger partial charge in [-0.2, -0.15) is 0 Å². The maximum atomic E-state index is 12.3. The van der Waals surface area contributed by atoms with Crippen molar-refractivity contribution in [2.75, 3.05) is 6.61 Å². The van der Waals surface area contributed by atoms with Gasteiger partial charge in [0, 0.05) is 12.0 Å². The highest BCUT2D eigenvalue weighted by atomic mass is 28.4. The molecule has 2 aliphatic rings. The van der Waals surface area contributed by atoms with Gasteiger partial charge in [-0.3, -0.25) is 4.79 Å². The van der Waals surface area contributed by atoms with Crippen LogP contribution in [0.2, 0.25) is 36.3 Å². The largest absolute Gasteiger partial charge is 0.416 e. The lowest BCUT2D eigenvalue weighted by Crippen LogP contribution is -2.61. The Morgan fingerprint density at radius 2 is 1.55 bits per heavy atom. The third-order valence-corrected chi connectivity index (χ3v) is 19.1. The van der Waals surface area contributed by atoms with Gasteiger partial charge in [0.05, 0.1) is 12.2 Å². The van der Waals surface area contributed by atoms with Crippen LogP contribution in [0, 0.1) is 16.7 Å². The van der Waals surface area contributed by atoms with Crippen LogP contribution in [-0.4, -0.2) is 46.8 Å². The van der Waals surface area contributed by atoms with Crippen LogP contribution in [0.4, 0.5) is 0 Å². The lowest BCUT2D eigenvalue weighted by molar-refractivity contribution is -0.130. The lowest BCUT2D eigenvalue weighted by Gasteiger charge is -2.60. The molecule has 1 saturated carbocycles. The van der Waals surface area contributed by atoms with Gasteiger partial charge in [0.25, 0.3) is 0 Å². The summed E-state index contributed by atoms with van der Waals surface area (Å²) in [5, 5.41) is 11.2. The first-order valence-electron chi connectivity index (χ1n) is 12.8. The second-order valence-electron chi connectivity index (χ2n) is 14.4. The van der Waals surface area contributed by atoms with Crippen molar-refractivity contribution in [1.29, 1.82) is 0 Å². The molecular formula is C27H52O4Si2. The van der Waals surface area contributed by atoms with E-state index in [4.69, 9.17) is 8.85 Å². The molecule has 5 atom stereocenters. The van der Waals surface area contributed by atoms with Gasteiger partial charge in [-0.1, -0.05) is 55.4 Å². The number of rotatable bonds is 6. The van der Waals surface area contributed by atoms with Gasteiger partial charge < -0.3 is 14.0 Å². The molecule has 192 valence electrons. The zero-order valence-corrected chi connectivity index (χ0v) is 25.8. The maximum Gasteiger partial charge on any atom is 0.192 e. The SMILES string of the molecule is CC1=C(C=O)[C@@]2(C)CC[C@H](O[Si](C)(C)C(C)(C)C)[C@](C)(CO[Si](C)(C)C(C)(C)C)[C@@H]2C[C@@H]1O. The molecule has 0 amide bonds. The number of carbonyl (C=O) groups excluding carboxylic acids is 1. The van der Waals surface area contributed by atoms with E-state index in [0.29, 0.717) is 13.0 Å². The summed E-state index contributed by atoms with van der Waals surface area (Å²) in [6.45, 7) is 30.0. The topological polar surface area (TPSA) is 55.8 Å². The summed E-state index contributed by atoms with van der Waals surface area (Å²) in [5.41, 5.74) is 1.11. The Labute approximate surface area is 206 Å². The number of fused-ring (bicyclic) bond motifs is 1. The molecule has 0 saturated heterocycles. The Hall–Kier alpha value is -0.276. The van der Waals surface area contributed by atoms with E-state index >= 15 is 0 Å². The van der Waals surface area contributed by atoms with Crippen molar-refractivity contribution < 1.29 is 18.8 Å². The number of carbonyl (C=O) groups is 1. The highest BCUT2D eigenvalue weighted by Gasteiger charge is 2.60. The predicted octanol–water partition coefficient (Wildman–Crippen LogP) is 7.10. The van der Waals surface area contributed by atoms with Gasteiger partial charge in [0.1, 0.15) is 6.29 Å². The van der Waals surface area contributed by atoms with Crippen LogP contribution in [0.3, 0.4) is 0 Å². The third kappa shape index (κ3) is 5.16. The van der Waals surface area contributed by atoms with E-state index in [0.717, 1.165) is 30.3 Å². The first-order chi connectivity index (χ1) is 14.6. The molecule has 4 nitrogen and oxygen atoms in total. The first-order valence-corrected chi connectivity index (χ1v) is 18.6. The Morgan fingerprint density at radius 3 is 2.00 bits per heavy atom. The van der Waals surface area contributed by atoms with Gasteiger partial charge >= 0.3 is 0 Å². The zero-order valence-electron chi connectivity index (χ0n) is 23.8. The van der Waals surface area contributed by atoms with Crippen molar-refractivity contribution in [3.63, 3.8) is 0 Å². The summed E-state index contributed by atoms with van der Waals surface area (Å²) >= 11 is 0. The number of allylic oxidation sites excluding steroid dienone is 1. The van der Waals surface area contributed by atoms with Gasteiger partial charge in [-0.15, -0.1) is 0 Å². The molecular weight excluding hydrogens is 444 g/mol. The number of aldehydes is 1. The first kappa shape index (κ1) is 29.0. The number of aliphatic hydroxyl groups excluding tert-OH is 1. The highest BCUT2D eigenvalue weighted by molar-refractivity contribution is 6.74. The molecule has 0 aromatic carbocycles.